The Kier molecular flexibility index (Phi) is 9.86. The summed E-state index contributed by atoms with van der Waals surface area (Å²) in [5.41, 5.74) is 0.707. The van der Waals surface area contributed by atoms with Gasteiger partial charge in [0.1, 0.15) is 11.6 Å². The zero-order valence-electron chi connectivity index (χ0n) is 18.4. The zero-order valence-corrected chi connectivity index (χ0v) is 20.8. The predicted molar refractivity (Wildman–Crippen MR) is 132 cm³/mol. The molecule has 2 heterocycles. The molecule has 0 saturated heterocycles. The fourth-order valence-electron chi connectivity index (χ4n) is 2.90. The van der Waals surface area contributed by atoms with E-state index < -0.39 is 0 Å². The van der Waals surface area contributed by atoms with E-state index in [1.807, 2.05) is 13.8 Å². The maximum atomic E-state index is 12.2. The van der Waals surface area contributed by atoms with Crippen LogP contribution in [0.1, 0.15) is 13.8 Å². The molecular weight excluding hydrogens is 487 g/mol. The molecule has 3 rings (SSSR count). The van der Waals surface area contributed by atoms with E-state index in [1.54, 1.807) is 40.8 Å². The lowest BCUT2D eigenvalue weighted by atomic mass is 10.3. The Bertz CT molecular complexity index is 1080. The van der Waals surface area contributed by atoms with Crippen LogP contribution in [0.2, 0.25) is 10.0 Å². The molecule has 12 heteroatoms. The number of carbonyl (C=O) groups is 1. The largest absolute Gasteiger partial charge is 0.482 e. The number of nitrogens with zero attached hydrogens (tertiary/aromatic N) is 4. The molecule has 0 aliphatic rings. The maximum Gasteiger partial charge on any atom is 0.258 e. The van der Waals surface area contributed by atoms with E-state index in [1.165, 1.54) is 0 Å². The number of ether oxygens (including phenoxy) is 2. The van der Waals surface area contributed by atoms with Gasteiger partial charge in [0.15, 0.2) is 17.4 Å². The quantitative estimate of drug-likeness (QED) is 0.202. The summed E-state index contributed by atoms with van der Waals surface area (Å²) in [6.07, 6.45) is 1.73. The molecule has 0 aliphatic carbocycles. The number of thioether (sulfide) groups is 1. The Labute approximate surface area is 206 Å². The molecule has 0 spiro atoms. The van der Waals surface area contributed by atoms with Crippen molar-refractivity contribution in [2.24, 2.45) is 0 Å². The third-order valence-corrected chi connectivity index (χ3v) is 5.65. The fraction of sp³-hybridized carbons (Fsp3) is 0.429. The minimum Gasteiger partial charge on any atom is -0.482 e. The standard InChI is InChI=1S/C21H26Cl2N6O3S/c1-3-31-10-8-25-19-15-12-26-29(20(15)28-21(27-19)33-4-2)9-7-24-18(30)13-32-17-6-5-14(22)11-16(17)23/h5-6,11-12H,3-4,7-10,13H2,1-2H3,(H,24,30)(H,25,27,28). The molecule has 33 heavy (non-hydrogen) atoms. The Morgan fingerprint density at radius 2 is 2.06 bits per heavy atom. The van der Waals surface area contributed by atoms with Gasteiger partial charge in [0, 0.05) is 24.7 Å². The lowest BCUT2D eigenvalue weighted by Gasteiger charge is -2.10. The maximum absolute atomic E-state index is 12.2. The van der Waals surface area contributed by atoms with Crippen molar-refractivity contribution in [3.8, 4) is 5.75 Å². The third-order valence-electron chi connectivity index (χ3n) is 4.39. The van der Waals surface area contributed by atoms with Gasteiger partial charge in [-0.3, -0.25) is 4.79 Å². The van der Waals surface area contributed by atoms with Crippen LogP contribution in [0.25, 0.3) is 11.0 Å². The van der Waals surface area contributed by atoms with Crippen LogP contribution in [0, 0.1) is 0 Å². The highest BCUT2D eigenvalue weighted by Gasteiger charge is 2.13. The fourth-order valence-corrected chi connectivity index (χ4v) is 3.93. The number of halogens is 2. The van der Waals surface area contributed by atoms with Gasteiger partial charge < -0.3 is 20.1 Å². The third kappa shape index (κ3) is 7.36. The van der Waals surface area contributed by atoms with Crippen LogP contribution in [-0.2, 0) is 16.1 Å². The van der Waals surface area contributed by atoms with Gasteiger partial charge in [-0.2, -0.15) is 5.10 Å². The Morgan fingerprint density at radius 3 is 2.82 bits per heavy atom. The minimum atomic E-state index is -0.271. The highest BCUT2D eigenvalue weighted by atomic mass is 35.5. The number of anilines is 1. The topological polar surface area (TPSA) is 103 Å². The summed E-state index contributed by atoms with van der Waals surface area (Å²) >= 11 is 13.5. The number of aromatic nitrogens is 4. The Hall–Kier alpha value is -2.27. The first-order valence-electron chi connectivity index (χ1n) is 10.5. The highest BCUT2D eigenvalue weighted by molar-refractivity contribution is 7.99. The summed E-state index contributed by atoms with van der Waals surface area (Å²) in [5, 5.41) is 12.9. The summed E-state index contributed by atoms with van der Waals surface area (Å²) in [4.78, 5) is 21.4. The van der Waals surface area contributed by atoms with Crippen molar-refractivity contribution in [1.82, 2.24) is 25.1 Å². The number of rotatable bonds is 13. The second-order valence-corrected chi connectivity index (χ2v) is 8.80. The monoisotopic (exact) mass is 512 g/mol. The van der Waals surface area contributed by atoms with E-state index in [-0.39, 0.29) is 12.5 Å². The molecule has 178 valence electrons. The van der Waals surface area contributed by atoms with Crippen molar-refractivity contribution < 1.29 is 14.3 Å². The molecule has 0 bridgehead atoms. The number of benzene rings is 1. The molecular formula is C21H26Cl2N6O3S. The van der Waals surface area contributed by atoms with Gasteiger partial charge in [0.25, 0.3) is 5.91 Å². The second kappa shape index (κ2) is 12.8. The van der Waals surface area contributed by atoms with Gasteiger partial charge in [0.05, 0.1) is 29.8 Å². The number of hydrogen-bond acceptors (Lipinski definition) is 8. The SMILES string of the molecule is CCOCCNc1nc(SCC)nc2c1cnn2CCNC(=O)COc1ccc(Cl)cc1Cl. The van der Waals surface area contributed by atoms with Gasteiger partial charge in [0.2, 0.25) is 0 Å². The van der Waals surface area contributed by atoms with Crippen LogP contribution in [0.5, 0.6) is 5.75 Å². The molecule has 0 unspecified atom stereocenters. The number of carbonyl (C=O) groups excluding carboxylic acids is 1. The Balaban J connectivity index is 1.59. The van der Waals surface area contributed by atoms with E-state index in [9.17, 15) is 4.79 Å². The molecule has 0 fully saturated rings. The molecule has 0 aliphatic heterocycles. The first-order valence-corrected chi connectivity index (χ1v) is 12.3. The van der Waals surface area contributed by atoms with E-state index in [2.05, 4.69) is 25.7 Å². The van der Waals surface area contributed by atoms with Gasteiger partial charge in [-0.1, -0.05) is 41.9 Å². The van der Waals surface area contributed by atoms with E-state index in [0.717, 1.165) is 17.0 Å². The van der Waals surface area contributed by atoms with Crippen molar-refractivity contribution in [2.45, 2.75) is 25.5 Å². The smallest absolute Gasteiger partial charge is 0.258 e. The molecule has 3 aromatic rings. The molecule has 0 saturated carbocycles. The summed E-state index contributed by atoms with van der Waals surface area (Å²) in [5.74, 6) is 1.70. The zero-order chi connectivity index (χ0) is 23.6. The van der Waals surface area contributed by atoms with E-state index in [0.29, 0.717) is 59.4 Å². The van der Waals surface area contributed by atoms with Crippen molar-refractivity contribution in [1.29, 1.82) is 0 Å². The van der Waals surface area contributed by atoms with Gasteiger partial charge in [-0.05, 0) is 30.9 Å². The normalized spacial score (nSPS) is 11.0. The second-order valence-electron chi connectivity index (χ2n) is 6.73. The van der Waals surface area contributed by atoms with Crippen molar-refractivity contribution in [3.63, 3.8) is 0 Å². The van der Waals surface area contributed by atoms with Crippen molar-refractivity contribution in [2.75, 3.05) is 44.0 Å². The molecule has 1 amide bonds. The number of hydrogen-bond donors (Lipinski definition) is 2. The van der Waals surface area contributed by atoms with Crippen LogP contribution in [-0.4, -0.2) is 64.3 Å². The summed E-state index contributed by atoms with van der Waals surface area (Å²) in [6, 6.07) is 4.84. The van der Waals surface area contributed by atoms with Gasteiger partial charge in [-0.15, -0.1) is 0 Å². The average Bonchev–Trinajstić information content (AvgIpc) is 3.19. The molecule has 2 N–H and O–H groups in total. The number of nitrogens with one attached hydrogen (secondary N) is 2. The summed E-state index contributed by atoms with van der Waals surface area (Å²) in [6.45, 7) is 6.54. The number of fused-ring (bicyclic) bond motifs is 1. The number of amides is 1. The van der Waals surface area contributed by atoms with Gasteiger partial charge in [-0.25, -0.2) is 14.6 Å². The first kappa shape index (κ1) is 25.4. The summed E-state index contributed by atoms with van der Waals surface area (Å²) < 4.78 is 12.6. The molecule has 2 aromatic heterocycles. The van der Waals surface area contributed by atoms with Crippen LogP contribution in [0.4, 0.5) is 5.82 Å². The van der Waals surface area contributed by atoms with E-state index in [4.69, 9.17) is 32.7 Å². The molecule has 9 nitrogen and oxygen atoms in total. The average molecular weight is 513 g/mol. The molecule has 0 radical (unpaired) electrons. The summed E-state index contributed by atoms with van der Waals surface area (Å²) in [7, 11) is 0. The van der Waals surface area contributed by atoms with Crippen molar-refractivity contribution in [3.05, 3.63) is 34.4 Å². The van der Waals surface area contributed by atoms with Crippen LogP contribution in [0.3, 0.4) is 0 Å². The van der Waals surface area contributed by atoms with Crippen LogP contribution >= 0.6 is 35.0 Å². The minimum absolute atomic E-state index is 0.158. The Morgan fingerprint density at radius 1 is 1.21 bits per heavy atom. The first-order chi connectivity index (χ1) is 16.0. The lowest BCUT2D eigenvalue weighted by Crippen LogP contribution is -2.31. The van der Waals surface area contributed by atoms with Gasteiger partial charge >= 0.3 is 0 Å². The lowest BCUT2D eigenvalue weighted by molar-refractivity contribution is -0.123. The van der Waals surface area contributed by atoms with Crippen molar-refractivity contribution >= 4 is 57.7 Å². The van der Waals surface area contributed by atoms with Crippen LogP contribution in [0.15, 0.2) is 29.6 Å². The van der Waals surface area contributed by atoms with E-state index >= 15 is 0 Å². The highest BCUT2D eigenvalue weighted by Crippen LogP contribution is 2.27. The molecule has 0 atom stereocenters. The predicted octanol–water partition coefficient (Wildman–Crippen LogP) is 3.89. The van der Waals surface area contributed by atoms with Crippen LogP contribution < -0.4 is 15.4 Å². The molecule has 1 aromatic carbocycles.